The molecule has 1 aromatic carbocycles. The number of ether oxygens (including phenoxy) is 1. The van der Waals surface area contributed by atoms with Crippen LogP contribution in [0.25, 0.3) is 0 Å². The zero-order valence-electron chi connectivity index (χ0n) is 9.85. The van der Waals surface area contributed by atoms with Crippen LogP contribution in [0.2, 0.25) is 0 Å². The number of esters is 1. The molecule has 1 amide bonds. The maximum atomic E-state index is 13.2. The number of anilines is 1. The maximum Gasteiger partial charge on any atom is 0.340 e. The molecule has 0 radical (unpaired) electrons. The summed E-state index contributed by atoms with van der Waals surface area (Å²) in [7, 11) is 1.20. The van der Waals surface area contributed by atoms with Gasteiger partial charge in [0.1, 0.15) is 5.82 Å². The van der Waals surface area contributed by atoms with Gasteiger partial charge >= 0.3 is 5.97 Å². The molecule has 0 spiro atoms. The molecule has 0 aromatic heterocycles. The van der Waals surface area contributed by atoms with E-state index in [2.05, 4.69) is 4.74 Å². The number of benzene rings is 1. The number of hydrogen-bond donors (Lipinski definition) is 1. The highest BCUT2D eigenvalue weighted by atomic mass is 19.1. The van der Waals surface area contributed by atoms with Crippen LogP contribution in [0.5, 0.6) is 0 Å². The van der Waals surface area contributed by atoms with Gasteiger partial charge in [-0.05, 0) is 18.2 Å². The number of carbonyl (C=O) groups excluding carboxylic acids is 2. The van der Waals surface area contributed by atoms with Crippen LogP contribution in [0.1, 0.15) is 16.8 Å². The van der Waals surface area contributed by atoms with Crippen LogP contribution < -0.4 is 10.6 Å². The zero-order valence-corrected chi connectivity index (χ0v) is 9.85. The molecule has 1 unspecified atom stereocenters. The summed E-state index contributed by atoms with van der Waals surface area (Å²) in [6.45, 7) is 0.314. The lowest BCUT2D eigenvalue weighted by Crippen LogP contribution is -2.29. The second kappa shape index (κ2) is 4.73. The molecule has 1 aliphatic rings. The van der Waals surface area contributed by atoms with E-state index in [1.54, 1.807) is 0 Å². The first-order chi connectivity index (χ1) is 8.52. The van der Waals surface area contributed by atoms with Crippen molar-refractivity contribution in [2.45, 2.75) is 12.5 Å². The minimum Gasteiger partial charge on any atom is -0.465 e. The van der Waals surface area contributed by atoms with Crippen LogP contribution in [0.15, 0.2) is 18.2 Å². The molecule has 0 bridgehead atoms. The Labute approximate surface area is 103 Å². The highest BCUT2D eigenvalue weighted by Crippen LogP contribution is 2.26. The van der Waals surface area contributed by atoms with Gasteiger partial charge in [0.15, 0.2) is 0 Å². The van der Waals surface area contributed by atoms with Crippen LogP contribution in [-0.4, -0.2) is 31.6 Å². The second-order valence-corrected chi connectivity index (χ2v) is 4.12. The molecule has 96 valence electrons. The average molecular weight is 252 g/mol. The van der Waals surface area contributed by atoms with Crippen molar-refractivity contribution in [3.05, 3.63) is 29.6 Å². The molecule has 18 heavy (non-hydrogen) atoms. The van der Waals surface area contributed by atoms with Crippen molar-refractivity contribution in [3.63, 3.8) is 0 Å². The van der Waals surface area contributed by atoms with Crippen molar-refractivity contribution in [2.24, 2.45) is 5.73 Å². The van der Waals surface area contributed by atoms with E-state index in [4.69, 9.17) is 5.73 Å². The fraction of sp³-hybridized carbons (Fsp3) is 0.333. The van der Waals surface area contributed by atoms with Crippen molar-refractivity contribution in [3.8, 4) is 0 Å². The summed E-state index contributed by atoms with van der Waals surface area (Å²) < 4.78 is 17.7. The summed E-state index contributed by atoms with van der Waals surface area (Å²) in [5.74, 6) is -1.42. The zero-order chi connectivity index (χ0) is 13.3. The lowest BCUT2D eigenvalue weighted by Gasteiger charge is -2.19. The van der Waals surface area contributed by atoms with E-state index in [0.717, 1.165) is 6.07 Å². The number of carbonyl (C=O) groups is 2. The van der Waals surface area contributed by atoms with Gasteiger partial charge in [0.25, 0.3) is 0 Å². The molecule has 1 atom stereocenters. The quantitative estimate of drug-likeness (QED) is 0.785. The first kappa shape index (κ1) is 12.5. The van der Waals surface area contributed by atoms with Gasteiger partial charge in [0, 0.05) is 19.0 Å². The van der Waals surface area contributed by atoms with E-state index in [1.807, 2.05) is 0 Å². The highest BCUT2D eigenvalue weighted by molar-refractivity contribution is 6.03. The number of rotatable bonds is 2. The fourth-order valence-electron chi connectivity index (χ4n) is 1.99. The van der Waals surface area contributed by atoms with Gasteiger partial charge in [-0.25, -0.2) is 9.18 Å². The smallest absolute Gasteiger partial charge is 0.340 e. The largest absolute Gasteiger partial charge is 0.465 e. The Balaban J connectivity index is 2.44. The van der Waals surface area contributed by atoms with E-state index in [9.17, 15) is 14.0 Å². The third kappa shape index (κ3) is 2.19. The summed E-state index contributed by atoms with van der Waals surface area (Å²) in [4.78, 5) is 24.7. The van der Waals surface area contributed by atoms with E-state index in [-0.39, 0.29) is 23.9 Å². The fourth-order valence-corrected chi connectivity index (χ4v) is 1.99. The molecule has 2 rings (SSSR count). The van der Waals surface area contributed by atoms with Crippen LogP contribution in [-0.2, 0) is 9.53 Å². The minimum absolute atomic E-state index is 0.0277. The molecular formula is C12H13FN2O3. The molecular weight excluding hydrogens is 239 g/mol. The number of halogens is 1. The van der Waals surface area contributed by atoms with Crippen LogP contribution >= 0.6 is 0 Å². The Morgan fingerprint density at radius 3 is 2.83 bits per heavy atom. The van der Waals surface area contributed by atoms with Gasteiger partial charge in [0.2, 0.25) is 5.91 Å². The summed E-state index contributed by atoms with van der Waals surface area (Å²) in [6.07, 6.45) is 0.220. The van der Waals surface area contributed by atoms with Crippen molar-refractivity contribution in [1.29, 1.82) is 0 Å². The summed E-state index contributed by atoms with van der Waals surface area (Å²) in [6, 6.07) is 3.36. The molecule has 1 saturated heterocycles. The van der Waals surface area contributed by atoms with Gasteiger partial charge in [-0.2, -0.15) is 0 Å². The predicted molar refractivity (Wildman–Crippen MR) is 62.7 cm³/mol. The van der Waals surface area contributed by atoms with E-state index < -0.39 is 11.8 Å². The van der Waals surface area contributed by atoms with Gasteiger partial charge in [-0.1, -0.05) is 0 Å². The number of nitrogens with two attached hydrogens (primary N) is 1. The van der Waals surface area contributed by atoms with Crippen LogP contribution in [0.3, 0.4) is 0 Å². The molecule has 2 N–H and O–H groups in total. The monoisotopic (exact) mass is 252 g/mol. The summed E-state index contributed by atoms with van der Waals surface area (Å²) in [5, 5.41) is 0. The van der Waals surface area contributed by atoms with Gasteiger partial charge in [-0.3, -0.25) is 4.79 Å². The SMILES string of the molecule is COC(=O)c1cc(F)ccc1N1CC(N)CC1=O. The number of amides is 1. The minimum atomic E-state index is -0.683. The molecule has 5 nitrogen and oxygen atoms in total. The molecule has 1 heterocycles. The molecule has 1 aromatic rings. The molecule has 0 saturated carbocycles. The van der Waals surface area contributed by atoms with Gasteiger partial charge < -0.3 is 15.4 Å². The van der Waals surface area contributed by atoms with Crippen LogP contribution in [0, 0.1) is 5.82 Å². The molecule has 1 aliphatic heterocycles. The number of methoxy groups -OCH3 is 1. The number of hydrogen-bond acceptors (Lipinski definition) is 4. The Hall–Kier alpha value is -1.95. The average Bonchev–Trinajstić information content (AvgIpc) is 2.67. The standard InChI is InChI=1S/C12H13FN2O3/c1-18-12(17)9-4-7(13)2-3-10(9)15-6-8(14)5-11(15)16/h2-4,8H,5-6,14H2,1H3. The molecule has 0 aliphatic carbocycles. The summed E-state index contributed by atoms with van der Waals surface area (Å²) in [5.41, 5.74) is 6.05. The topological polar surface area (TPSA) is 72.6 Å². The third-order valence-electron chi connectivity index (χ3n) is 2.81. The predicted octanol–water partition coefficient (Wildman–Crippen LogP) is 0.676. The normalized spacial score (nSPS) is 19.2. The first-order valence-corrected chi connectivity index (χ1v) is 5.46. The summed E-state index contributed by atoms with van der Waals surface area (Å²) >= 11 is 0. The second-order valence-electron chi connectivity index (χ2n) is 4.12. The first-order valence-electron chi connectivity index (χ1n) is 5.46. The molecule has 6 heteroatoms. The maximum absolute atomic E-state index is 13.2. The van der Waals surface area contributed by atoms with E-state index in [1.165, 1.54) is 24.1 Å². The Bertz CT molecular complexity index is 504. The van der Waals surface area contributed by atoms with E-state index in [0.29, 0.717) is 12.2 Å². The highest BCUT2D eigenvalue weighted by Gasteiger charge is 2.31. The van der Waals surface area contributed by atoms with Gasteiger partial charge in [-0.15, -0.1) is 0 Å². The van der Waals surface area contributed by atoms with Crippen molar-refractivity contribution in [1.82, 2.24) is 0 Å². The third-order valence-corrected chi connectivity index (χ3v) is 2.81. The van der Waals surface area contributed by atoms with E-state index >= 15 is 0 Å². The Kier molecular flexibility index (Phi) is 3.29. The Morgan fingerprint density at radius 1 is 1.56 bits per heavy atom. The number of nitrogens with zero attached hydrogens (tertiary/aromatic N) is 1. The lowest BCUT2D eigenvalue weighted by molar-refractivity contribution is -0.117. The van der Waals surface area contributed by atoms with Crippen molar-refractivity contribution in [2.75, 3.05) is 18.6 Å². The van der Waals surface area contributed by atoms with Crippen LogP contribution in [0.4, 0.5) is 10.1 Å². The van der Waals surface area contributed by atoms with Gasteiger partial charge in [0.05, 0.1) is 18.4 Å². The van der Waals surface area contributed by atoms with Crippen molar-refractivity contribution >= 4 is 17.6 Å². The lowest BCUT2D eigenvalue weighted by atomic mass is 10.1. The molecule has 1 fully saturated rings. The Morgan fingerprint density at radius 2 is 2.28 bits per heavy atom. The van der Waals surface area contributed by atoms with Crippen molar-refractivity contribution < 1.29 is 18.7 Å².